The lowest BCUT2D eigenvalue weighted by Crippen LogP contribution is -2.40. The molecular formula is C15H19N3O2S. The summed E-state index contributed by atoms with van der Waals surface area (Å²) < 4.78 is 0. The van der Waals surface area contributed by atoms with Crippen LogP contribution in [0.5, 0.6) is 0 Å². The quantitative estimate of drug-likeness (QED) is 0.838. The maximum atomic E-state index is 12.0. The van der Waals surface area contributed by atoms with Gasteiger partial charge in [-0.1, -0.05) is 6.08 Å². The third-order valence-electron chi connectivity index (χ3n) is 3.10. The highest BCUT2D eigenvalue weighted by atomic mass is 32.2. The molecule has 0 unspecified atom stereocenters. The minimum absolute atomic E-state index is 0.0841. The maximum Gasteiger partial charge on any atom is 0.321 e. The molecule has 1 saturated heterocycles. The molecular weight excluding hydrogens is 286 g/mol. The van der Waals surface area contributed by atoms with Crippen molar-refractivity contribution in [2.45, 2.75) is 0 Å². The third kappa shape index (κ3) is 4.53. The fourth-order valence-corrected chi connectivity index (χ4v) is 2.84. The standard InChI is InChI=1S/C15H19N3O2S/c1-2-7-16-14(19)12-3-5-13(6-4-12)17-15(20)18-8-10-21-11-9-18/h2-6H,1,7-11H2,(H,16,19)(H,17,20). The van der Waals surface area contributed by atoms with Gasteiger partial charge in [-0.25, -0.2) is 4.79 Å². The van der Waals surface area contributed by atoms with Crippen molar-refractivity contribution in [3.8, 4) is 0 Å². The lowest BCUT2D eigenvalue weighted by atomic mass is 10.2. The SMILES string of the molecule is C=CCNC(=O)c1ccc(NC(=O)N2CCSCC2)cc1. The van der Waals surface area contributed by atoms with Crippen molar-refractivity contribution >= 4 is 29.4 Å². The first-order valence-electron chi connectivity index (χ1n) is 6.83. The van der Waals surface area contributed by atoms with Gasteiger partial charge in [-0.05, 0) is 24.3 Å². The van der Waals surface area contributed by atoms with Crippen LogP contribution in [0.15, 0.2) is 36.9 Å². The smallest absolute Gasteiger partial charge is 0.321 e. The number of amides is 3. The van der Waals surface area contributed by atoms with E-state index in [4.69, 9.17) is 0 Å². The zero-order valence-electron chi connectivity index (χ0n) is 11.8. The van der Waals surface area contributed by atoms with Gasteiger partial charge in [0, 0.05) is 42.4 Å². The highest BCUT2D eigenvalue weighted by Gasteiger charge is 2.16. The van der Waals surface area contributed by atoms with Gasteiger partial charge in [0.25, 0.3) is 5.91 Å². The molecule has 112 valence electrons. The molecule has 0 aromatic heterocycles. The van der Waals surface area contributed by atoms with E-state index in [1.807, 2.05) is 11.8 Å². The second-order valence-electron chi connectivity index (χ2n) is 4.61. The van der Waals surface area contributed by atoms with Crippen molar-refractivity contribution in [2.24, 2.45) is 0 Å². The van der Waals surface area contributed by atoms with Gasteiger partial charge in [-0.3, -0.25) is 4.79 Å². The van der Waals surface area contributed by atoms with E-state index in [-0.39, 0.29) is 11.9 Å². The van der Waals surface area contributed by atoms with Crippen LogP contribution in [0.2, 0.25) is 0 Å². The van der Waals surface area contributed by atoms with E-state index in [1.54, 1.807) is 35.2 Å². The first kappa shape index (κ1) is 15.4. The lowest BCUT2D eigenvalue weighted by Gasteiger charge is -2.26. The number of carbonyl (C=O) groups is 2. The summed E-state index contributed by atoms with van der Waals surface area (Å²) in [5, 5.41) is 5.56. The molecule has 1 heterocycles. The van der Waals surface area contributed by atoms with Crippen LogP contribution in [0.25, 0.3) is 0 Å². The lowest BCUT2D eigenvalue weighted by molar-refractivity contribution is 0.0958. The first-order chi connectivity index (χ1) is 10.2. The second kappa shape index (κ2) is 7.73. The number of urea groups is 1. The predicted octanol–water partition coefficient (Wildman–Crippen LogP) is 2.18. The van der Waals surface area contributed by atoms with Gasteiger partial charge in [-0.2, -0.15) is 11.8 Å². The molecule has 0 atom stereocenters. The minimum Gasteiger partial charge on any atom is -0.349 e. The van der Waals surface area contributed by atoms with Crippen molar-refractivity contribution in [1.29, 1.82) is 0 Å². The Labute approximate surface area is 128 Å². The summed E-state index contributed by atoms with van der Waals surface area (Å²) >= 11 is 1.86. The van der Waals surface area contributed by atoms with E-state index in [0.29, 0.717) is 17.8 Å². The van der Waals surface area contributed by atoms with Crippen molar-refractivity contribution in [3.05, 3.63) is 42.5 Å². The van der Waals surface area contributed by atoms with E-state index in [9.17, 15) is 9.59 Å². The number of hydrogen-bond donors (Lipinski definition) is 2. The molecule has 0 radical (unpaired) electrons. The number of hydrogen-bond acceptors (Lipinski definition) is 3. The van der Waals surface area contributed by atoms with E-state index in [2.05, 4.69) is 17.2 Å². The number of nitrogens with zero attached hydrogens (tertiary/aromatic N) is 1. The number of rotatable bonds is 4. The molecule has 0 saturated carbocycles. The van der Waals surface area contributed by atoms with E-state index < -0.39 is 0 Å². The first-order valence-corrected chi connectivity index (χ1v) is 7.99. The summed E-state index contributed by atoms with van der Waals surface area (Å²) in [6.45, 7) is 5.54. The fourth-order valence-electron chi connectivity index (χ4n) is 1.94. The van der Waals surface area contributed by atoms with Crippen molar-refractivity contribution in [1.82, 2.24) is 10.2 Å². The van der Waals surface area contributed by atoms with Crippen LogP contribution in [0.4, 0.5) is 10.5 Å². The molecule has 3 amide bonds. The average molecular weight is 305 g/mol. The summed E-state index contributed by atoms with van der Waals surface area (Å²) in [7, 11) is 0. The minimum atomic E-state index is -0.152. The van der Waals surface area contributed by atoms with Crippen LogP contribution in [0.3, 0.4) is 0 Å². The third-order valence-corrected chi connectivity index (χ3v) is 4.05. The molecule has 2 N–H and O–H groups in total. The summed E-state index contributed by atoms with van der Waals surface area (Å²) in [4.78, 5) is 25.6. The number of nitrogens with one attached hydrogen (secondary N) is 2. The van der Waals surface area contributed by atoms with Crippen molar-refractivity contribution in [3.63, 3.8) is 0 Å². The van der Waals surface area contributed by atoms with Crippen LogP contribution in [0, 0.1) is 0 Å². The zero-order chi connectivity index (χ0) is 15.1. The molecule has 0 spiro atoms. The highest BCUT2D eigenvalue weighted by molar-refractivity contribution is 7.99. The Bertz CT molecular complexity index is 510. The molecule has 2 rings (SSSR count). The summed E-state index contributed by atoms with van der Waals surface area (Å²) in [5.41, 5.74) is 1.25. The van der Waals surface area contributed by atoms with Gasteiger partial charge in [-0.15, -0.1) is 6.58 Å². The van der Waals surface area contributed by atoms with Crippen LogP contribution in [-0.4, -0.2) is 48.0 Å². The number of anilines is 1. The van der Waals surface area contributed by atoms with Gasteiger partial charge in [0.2, 0.25) is 0 Å². The summed E-state index contributed by atoms with van der Waals surface area (Å²) in [6, 6.07) is 6.78. The molecule has 1 aliphatic heterocycles. The van der Waals surface area contributed by atoms with E-state index >= 15 is 0 Å². The molecule has 1 fully saturated rings. The Morgan fingerprint density at radius 2 is 1.90 bits per heavy atom. The molecule has 0 bridgehead atoms. The largest absolute Gasteiger partial charge is 0.349 e. The van der Waals surface area contributed by atoms with Gasteiger partial charge in [0.05, 0.1) is 0 Å². The van der Waals surface area contributed by atoms with Gasteiger partial charge < -0.3 is 15.5 Å². The van der Waals surface area contributed by atoms with Crippen molar-refractivity contribution < 1.29 is 9.59 Å². The monoisotopic (exact) mass is 305 g/mol. The van der Waals surface area contributed by atoms with Crippen LogP contribution in [0.1, 0.15) is 10.4 Å². The Kier molecular flexibility index (Phi) is 5.68. The van der Waals surface area contributed by atoms with Gasteiger partial charge in [0.15, 0.2) is 0 Å². The van der Waals surface area contributed by atoms with Crippen LogP contribution >= 0.6 is 11.8 Å². The predicted molar refractivity (Wildman–Crippen MR) is 86.9 cm³/mol. The fraction of sp³-hybridized carbons (Fsp3) is 0.333. The zero-order valence-corrected chi connectivity index (χ0v) is 12.6. The molecule has 21 heavy (non-hydrogen) atoms. The number of thioether (sulfide) groups is 1. The van der Waals surface area contributed by atoms with E-state index in [1.165, 1.54) is 0 Å². The van der Waals surface area contributed by atoms with E-state index in [0.717, 1.165) is 24.6 Å². The molecule has 1 aliphatic rings. The topological polar surface area (TPSA) is 61.4 Å². The summed E-state index contributed by atoms with van der Waals surface area (Å²) in [6.07, 6.45) is 1.63. The van der Waals surface area contributed by atoms with Gasteiger partial charge >= 0.3 is 6.03 Å². The Morgan fingerprint density at radius 1 is 1.24 bits per heavy atom. The van der Waals surface area contributed by atoms with Crippen molar-refractivity contribution in [2.75, 3.05) is 36.5 Å². The molecule has 5 nitrogen and oxygen atoms in total. The Hall–Kier alpha value is -1.95. The average Bonchev–Trinajstić information content (AvgIpc) is 2.54. The Morgan fingerprint density at radius 3 is 2.52 bits per heavy atom. The maximum absolute atomic E-state index is 12.0. The summed E-state index contributed by atoms with van der Waals surface area (Å²) in [5.74, 6) is 1.81. The number of benzene rings is 1. The van der Waals surface area contributed by atoms with Crippen LogP contribution in [-0.2, 0) is 0 Å². The van der Waals surface area contributed by atoms with Gasteiger partial charge in [0.1, 0.15) is 0 Å². The second-order valence-corrected chi connectivity index (χ2v) is 5.83. The normalized spacial score (nSPS) is 14.4. The molecule has 0 aliphatic carbocycles. The highest BCUT2D eigenvalue weighted by Crippen LogP contribution is 2.13. The molecule has 1 aromatic rings. The molecule has 6 heteroatoms. The molecule has 1 aromatic carbocycles. The van der Waals surface area contributed by atoms with Crippen LogP contribution < -0.4 is 10.6 Å². The number of carbonyl (C=O) groups excluding carboxylic acids is 2. The Balaban J connectivity index is 1.91.